The summed E-state index contributed by atoms with van der Waals surface area (Å²) in [7, 11) is 0. The molecule has 0 amide bonds. The minimum absolute atomic E-state index is 0.0463. The highest BCUT2D eigenvalue weighted by atomic mass is 15.2. The molecular weight excluding hydrogens is 248 g/mol. The van der Waals surface area contributed by atoms with Gasteiger partial charge in [-0.25, -0.2) is 4.98 Å². The Morgan fingerprint density at radius 2 is 1.85 bits per heavy atom. The Kier molecular flexibility index (Phi) is 2.93. The number of nitrogens with one attached hydrogen (secondary N) is 1. The van der Waals surface area contributed by atoms with Crippen LogP contribution in [0.4, 0.5) is 5.82 Å². The van der Waals surface area contributed by atoms with Gasteiger partial charge in [0.05, 0.1) is 5.69 Å². The smallest absolute Gasteiger partial charge is 0.140 e. The van der Waals surface area contributed by atoms with E-state index in [4.69, 9.17) is 4.98 Å². The number of hydrogen-bond acceptors (Lipinski definition) is 3. The summed E-state index contributed by atoms with van der Waals surface area (Å²) in [5.74, 6) is 0.979. The molecule has 3 aromatic rings. The molecule has 0 spiro atoms. The molecule has 0 unspecified atom stereocenters. The summed E-state index contributed by atoms with van der Waals surface area (Å²) in [4.78, 5) is 9.12. The molecule has 4 nitrogen and oxygen atoms in total. The van der Waals surface area contributed by atoms with Gasteiger partial charge in [0.25, 0.3) is 0 Å². The lowest BCUT2D eigenvalue weighted by Crippen LogP contribution is -2.27. The maximum absolute atomic E-state index is 4.71. The summed E-state index contributed by atoms with van der Waals surface area (Å²) in [6.45, 7) is 6.41. The first-order chi connectivity index (χ1) is 9.54. The monoisotopic (exact) mass is 266 g/mol. The fourth-order valence-corrected chi connectivity index (χ4v) is 2.15. The van der Waals surface area contributed by atoms with Crippen LogP contribution in [0.2, 0.25) is 0 Å². The zero-order chi connectivity index (χ0) is 14.2. The molecule has 3 rings (SSSR count). The molecule has 0 bridgehead atoms. The van der Waals surface area contributed by atoms with Crippen molar-refractivity contribution >= 4 is 11.5 Å². The molecule has 3 heterocycles. The second kappa shape index (κ2) is 4.63. The molecule has 1 N–H and O–H groups in total. The average Bonchev–Trinajstić information content (AvgIpc) is 2.77. The number of rotatable bonds is 2. The van der Waals surface area contributed by atoms with E-state index in [1.54, 1.807) is 6.20 Å². The SMILES string of the molecule is CC(C)(C)Nc1c(-c2ccccn2)nc2ccccn12. The summed E-state index contributed by atoms with van der Waals surface area (Å²) in [6.07, 6.45) is 3.81. The summed E-state index contributed by atoms with van der Waals surface area (Å²) >= 11 is 0. The lowest BCUT2D eigenvalue weighted by atomic mass is 10.1. The average molecular weight is 266 g/mol. The Bertz CT molecular complexity index is 723. The predicted octanol–water partition coefficient (Wildman–Crippen LogP) is 3.61. The molecule has 0 radical (unpaired) electrons. The van der Waals surface area contributed by atoms with E-state index in [1.807, 2.05) is 42.6 Å². The van der Waals surface area contributed by atoms with Gasteiger partial charge in [-0.05, 0) is 45.0 Å². The molecule has 0 aliphatic rings. The minimum atomic E-state index is -0.0463. The third kappa shape index (κ3) is 2.37. The van der Waals surface area contributed by atoms with Crippen molar-refractivity contribution in [3.63, 3.8) is 0 Å². The molecule has 102 valence electrons. The number of imidazole rings is 1. The maximum atomic E-state index is 4.71. The van der Waals surface area contributed by atoms with E-state index < -0.39 is 0 Å². The third-order valence-corrected chi connectivity index (χ3v) is 2.93. The number of aromatic nitrogens is 3. The van der Waals surface area contributed by atoms with Gasteiger partial charge in [-0.1, -0.05) is 12.1 Å². The fraction of sp³-hybridized carbons (Fsp3) is 0.250. The molecule has 20 heavy (non-hydrogen) atoms. The first-order valence-corrected chi connectivity index (χ1v) is 6.71. The van der Waals surface area contributed by atoms with E-state index in [2.05, 4.69) is 35.5 Å². The van der Waals surface area contributed by atoms with E-state index in [1.165, 1.54) is 0 Å². The second-order valence-electron chi connectivity index (χ2n) is 5.83. The van der Waals surface area contributed by atoms with Crippen LogP contribution < -0.4 is 5.32 Å². The molecule has 0 aliphatic heterocycles. The van der Waals surface area contributed by atoms with Crippen LogP contribution in [0.25, 0.3) is 17.0 Å². The van der Waals surface area contributed by atoms with E-state index >= 15 is 0 Å². The molecular formula is C16H18N4. The van der Waals surface area contributed by atoms with Crippen molar-refractivity contribution in [2.45, 2.75) is 26.3 Å². The molecule has 0 aromatic carbocycles. The van der Waals surface area contributed by atoms with Gasteiger partial charge >= 0.3 is 0 Å². The van der Waals surface area contributed by atoms with Gasteiger partial charge in [-0.2, -0.15) is 0 Å². The first-order valence-electron chi connectivity index (χ1n) is 6.71. The van der Waals surface area contributed by atoms with Crippen molar-refractivity contribution in [1.82, 2.24) is 14.4 Å². The van der Waals surface area contributed by atoms with Gasteiger partial charge in [-0.3, -0.25) is 9.38 Å². The number of anilines is 1. The molecule has 0 saturated carbocycles. The van der Waals surface area contributed by atoms with Crippen LogP contribution in [0.3, 0.4) is 0 Å². The van der Waals surface area contributed by atoms with E-state index in [-0.39, 0.29) is 5.54 Å². The number of fused-ring (bicyclic) bond motifs is 1. The summed E-state index contributed by atoms with van der Waals surface area (Å²) in [5.41, 5.74) is 2.63. The summed E-state index contributed by atoms with van der Waals surface area (Å²) < 4.78 is 2.06. The molecule has 0 atom stereocenters. The molecule has 0 fully saturated rings. The van der Waals surface area contributed by atoms with E-state index in [0.29, 0.717) is 0 Å². The quantitative estimate of drug-likeness (QED) is 0.770. The maximum Gasteiger partial charge on any atom is 0.140 e. The van der Waals surface area contributed by atoms with Crippen molar-refractivity contribution in [2.75, 3.05) is 5.32 Å². The predicted molar refractivity (Wildman–Crippen MR) is 81.8 cm³/mol. The van der Waals surface area contributed by atoms with Gasteiger partial charge < -0.3 is 5.32 Å². The summed E-state index contributed by atoms with van der Waals surface area (Å²) in [6, 6.07) is 11.9. The summed E-state index contributed by atoms with van der Waals surface area (Å²) in [5, 5.41) is 3.53. The second-order valence-corrected chi connectivity index (χ2v) is 5.83. The van der Waals surface area contributed by atoms with E-state index in [0.717, 1.165) is 22.9 Å². The third-order valence-electron chi connectivity index (χ3n) is 2.93. The Labute approximate surface area is 118 Å². The van der Waals surface area contributed by atoms with Crippen LogP contribution in [0.1, 0.15) is 20.8 Å². The largest absolute Gasteiger partial charge is 0.365 e. The number of nitrogens with zero attached hydrogens (tertiary/aromatic N) is 3. The Hall–Kier alpha value is -2.36. The topological polar surface area (TPSA) is 42.2 Å². The molecule has 4 heteroatoms. The van der Waals surface area contributed by atoms with Crippen LogP contribution in [0, 0.1) is 0 Å². The molecule has 0 saturated heterocycles. The van der Waals surface area contributed by atoms with Crippen molar-refractivity contribution in [1.29, 1.82) is 0 Å². The first kappa shape index (κ1) is 12.7. The fourth-order valence-electron chi connectivity index (χ4n) is 2.15. The van der Waals surface area contributed by atoms with Gasteiger partial charge in [0.15, 0.2) is 0 Å². The van der Waals surface area contributed by atoms with Gasteiger partial charge in [-0.15, -0.1) is 0 Å². The normalized spacial score (nSPS) is 11.8. The van der Waals surface area contributed by atoms with Crippen molar-refractivity contribution < 1.29 is 0 Å². The Morgan fingerprint density at radius 1 is 1.05 bits per heavy atom. The van der Waals surface area contributed by atoms with Crippen LogP contribution in [-0.2, 0) is 0 Å². The van der Waals surface area contributed by atoms with Crippen LogP contribution >= 0.6 is 0 Å². The number of pyridine rings is 2. The van der Waals surface area contributed by atoms with Crippen LogP contribution in [0.5, 0.6) is 0 Å². The number of hydrogen-bond donors (Lipinski definition) is 1. The Morgan fingerprint density at radius 3 is 2.55 bits per heavy atom. The van der Waals surface area contributed by atoms with Crippen LogP contribution in [-0.4, -0.2) is 19.9 Å². The lowest BCUT2D eigenvalue weighted by Gasteiger charge is -2.22. The van der Waals surface area contributed by atoms with Gasteiger partial charge in [0.1, 0.15) is 17.2 Å². The molecule has 3 aromatic heterocycles. The Balaban J connectivity index is 2.23. The highest BCUT2D eigenvalue weighted by Gasteiger charge is 2.19. The molecule has 0 aliphatic carbocycles. The standard InChI is InChI=1S/C16H18N4/c1-16(2,3)19-15-14(12-8-4-6-10-17-12)18-13-9-5-7-11-20(13)15/h4-11,19H,1-3H3. The van der Waals surface area contributed by atoms with Crippen molar-refractivity contribution in [3.05, 3.63) is 48.8 Å². The van der Waals surface area contributed by atoms with E-state index in [9.17, 15) is 0 Å². The highest BCUT2D eigenvalue weighted by molar-refractivity contribution is 5.74. The van der Waals surface area contributed by atoms with Crippen molar-refractivity contribution in [2.24, 2.45) is 0 Å². The van der Waals surface area contributed by atoms with Gasteiger partial charge in [0.2, 0.25) is 0 Å². The minimum Gasteiger partial charge on any atom is -0.365 e. The highest BCUT2D eigenvalue weighted by Crippen LogP contribution is 2.29. The lowest BCUT2D eigenvalue weighted by molar-refractivity contribution is 0.629. The zero-order valence-electron chi connectivity index (χ0n) is 12.0. The van der Waals surface area contributed by atoms with Crippen LogP contribution in [0.15, 0.2) is 48.8 Å². The van der Waals surface area contributed by atoms with Crippen molar-refractivity contribution in [3.8, 4) is 11.4 Å². The zero-order valence-corrected chi connectivity index (χ0v) is 12.0. The van der Waals surface area contributed by atoms with Gasteiger partial charge in [0, 0.05) is 17.9 Å².